The minimum absolute atomic E-state index is 0.0658. The molecule has 180 valence electrons. The molecule has 2 atom stereocenters. The summed E-state index contributed by atoms with van der Waals surface area (Å²) in [5, 5.41) is 11.8. The molecule has 0 radical (unpaired) electrons. The molecule has 0 bridgehead atoms. The van der Waals surface area contributed by atoms with E-state index >= 15 is 0 Å². The molecule has 2 aliphatic rings. The van der Waals surface area contributed by atoms with Crippen LogP contribution in [0.25, 0.3) is 0 Å². The minimum Gasteiger partial charge on any atom is -0.370 e. The zero-order chi connectivity index (χ0) is 24.3. The second-order valence-electron chi connectivity index (χ2n) is 9.23. The lowest BCUT2D eigenvalue weighted by Gasteiger charge is -2.36. The Morgan fingerprint density at radius 1 is 1.12 bits per heavy atom. The first-order chi connectivity index (χ1) is 16.3. The lowest BCUT2D eigenvalue weighted by molar-refractivity contribution is -0.137. The van der Waals surface area contributed by atoms with E-state index in [-0.39, 0.29) is 23.3 Å². The molecule has 2 aliphatic heterocycles. The lowest BCUT2D eigenvalue weighted by atomic mass is 9.78. The van der Waals surface area contributed by atoms with E-state index in [4.69, 9.17) is 5.26 Å². The summed E-state index contributed by atoms with van der Waals surface area (Å²) in [5.74, 6) is 0.0631. The molecule has 1 amide bonds. The molecule has 2 aromatic carbocycles. The van der Waals surface area contributed by atoms with Crippen LogP contribution in [-0.2, 0) is 17.5 Å². The number of piperidine rings is 1. The Hall–Kier alpha value is -3.05. The number of carbonyl (C=O) groups is 1. The van der Waals surface area contributed by atoms with Gasteiger partial charge in [-0.15, -0.1) is 0 Å². The molecule has 5 nitrogen and oxygen atoms in total. The third-order valence-corrected chi connectivity index (χ3v) is 7.23. The monoisotopic (exact) mass is 470 g/mol. The van der Waals surface area contributed by atoms with Gasteiger partial charge in [-0.1, -0.05) is 30.3 Å². The van der Waals surface area contributed by atoms with Crippen LogP contribution < -0.4 is 10.2 Å². The van der Waals surface area contributed by atoms with Gasteiger partial charge in [-0.3, -0.25) is 9.69 Å². The van der Waals surface area contributed by atoms with Gasteiger partial charge in [0, 0.05) is 32.4 Å². The Kier molecular flexibility index (Phi) is 7.13. The Labute approximate surface area is 198 Å². The number of anilines is 1. The number of benzene rings is 2. The van der Waals surface area contributed by atoms with Gasteiger partial charge in [0.2, 0.25) is 5.91 Å². The molecule has 1 N–H and O–H groups in total. The van der Waals surface area contributed by atoms with E-state index in [1.54, 1.807) is 19.2 Å². The minimum atomic E-state index is -4.61. The summed E-state index contributed by atoms with van der Waals surface area (Å²) in [6.45, 7) is 3.67. The van der Waals surface area contributed by atoms with Crippen molar-refractivity contribution < 1.29 is 18.0 Å². The number of alkyl halides is 3. The first-order valence-corrected chi connectivity index (χ1v) is 11.6. The van der Waals surface area contributed by atoms with Crippen molar-refractivity contribution in [2.75, 3.05) is 38.1 Å². The number of carbonyl (C=O) groups excluding carboxylic acids is 1. The van der Waals surface area contributed by atoms with Gasteiger partial charge < -0.3 is 10.2 Å². The zero-order valence-corrected chi connectivity index (χ0v) is 19.2. The van der Waals surface area contributed by atoms with Gasteiger partial charge in [-0.05, 0) is 61.5 Å². The smallest absolute Gasteiger partial charge is 0.370 e. The number of rotatable bonds is 5. The quantitative estimate of drug-likeness (QED) is 0.709. The van der Waals surface area contributed by atoms with Crippen molar-refractivity contribution >= 4 is 11.6 Å². The highest BCUT2D eigenvalue weighted by Crippen LogP contribution is 2.40. The summed E-state index contributed by atoms with van der Waals surface area (Å²) >= 11 is 0. The SMILES string of the molecule is CNC(=O)[C@@H]1CN(c2ccc(C#N)c(C(F)(F)F)c2)C[C@H]1C1CCN(Cc2ccccc2)CC1. The first kappa shape index (κ1) is 24.1. The second kappa shape index (κ2) is 10.1. The van der Waals surface area contributed by atoms with Crippen molar-refractivity contribution in [3.05, 3.63) is 65.2 Å². The van der Waals surface area contributed by atoms with Crippen LogP contribution in [0.1, 0.15) is 29.5 Å². The Morgan fingerprint density at radius 2 is 1.82 bits per heavy atom. The standard InChI is InChI=1S/C26H29F3N4O/c1-31-25(34)23-17-33(21-8-7-20(14-30)24(13-21)26(27,28)29)16-22(23)19-9-11-32(12-10-19)15-18-5-3-2-4-6-18/h2-8,13,19,22-23H,9-12,15-17H2,1H3,(H,31,34)/t22-,23+/m0/s1. The van der Waals surface area contributed by atoms with E-state index in [1.807, 2.05) is 23.1 Å². The fourth-order valence-electron chi connectivity index (χ4n) is 5.42. The number of nitriles is 1. The number of likely N-dealkylation sites (tertiary alicyclic amines) is 1. The lowest BCUT2D eigenvalue weighted by Crippen LogP contribution is -2.40. The van der Waals surface area contributed by atoms with E-state index in [1.165, 1.54) is 11.6 Å². The van der Waals surface area contributed by atoms with E-state index in [9.17, 15) is 18.0 Å². The van der Waals surface area contributed by atoms with Gasteiger partial charge in [0.05, 0.1) is 23.1 Å². The highest BCUT2D eigenvalue weighted by molar-refractivity contribution is 5.80. The maximum absolute atomic E-state index is 13.5. The summed E-state index contributed by atoms with van der Waals surface area (Å²) in [4.78, 5) is 17.0. The third kappa shape index (κ3) is 5.20. The molecule has 0 aromatic heterocycles. The topological polar surface area (TPSA) is 59.4 Å². The van der Waals surface area contributed by atoms with Crippen LogP contribution in [0, 0.1) is 29.1 Å². The molecule has 0 unspecified atom stereocenters. The number of nitrogens with one attached hydrogen (secondary N) is 1. The molecule has 0 aliphatic carbocycles. The number of amides is 1. The van der Waals surface area contributed by atoms with E-state index < -0.39 is 11.7 Å². The molecule has 2 fully saturated rings. The average molecular weight is 471 g/mol. The van der Waals surface area contributed by atoms with Gasteiger partial charge in [0.25, 0.3) is 0 Å². The highest BCUT2D eigenvalue weighted by Gasteiger charge is 2.43. The van der Waals surface area contributed by atoms with Gasteiger partial charge in [0.15, 0.2) is 0 Å². The van der Waals surface area contributed by atoms with Crippen LogP contribution in [0.2, 0.25) is 0 Å². The van der Waals surface area contributed by atoms with Gasteiger partial charge in [-0.25, -0.2) is 0 Å². The van der Waals surface area contributed by atoms with Crippen LogP contribution in [0.3, 0.4) is 0 Å². The van der Waals surface area contributed by atoms with E-state index in [0.29, 0.717) is 24.7 Å². The maximum atomic E-state index is 13.5. The van der Waals surface area contributed by atoms with Gasteiger partial charge in [0.1, 0.15) is 0 Å². The fourth-order valence-corrected chi connectivity index (χ4v) is 5.42. The van der Waals surface area contributed by atoms with Crippen molar-refractivity contribution in [2.45, 2.75) is 25.6 Å². The predicted molar refractivity (Wildman–Crippen MR) is 124 cm³/mol. The summed E-state index contributed by atoms with van der Waals surface area (Å²) in [6, 6.07) is 15.8. The Balaban J connectivity index is 1.48. The third-order valence-electron chi connectivity index (χ3n) is 7.23. The molecule has 2 saturated heterocycles. The van der Waals surface area contributed by atoms with Crippen LogP contribution in [-0.4, -0.2) is 44.0 Å². The van der Waals surface area contributed by atoms with Gasteiger partial charge >= 0.3 is 6.18 Å². The van der Waals surface area contributed by atoms with Crippen LogP contribution >= 0.6 is 0 Å². The molecule has 8 heteroatoms. The molecular formula is C26H29F3N4O. The molecule has 4 rings (SSSR count). The van der Waals surface area contributed by atoms with Crippen LogP contribution in [0.4, 0.5) is 18.9 Å². The Morgan fingerprint density at radius 3 is 2.44 bits per heavy atom. The van der Waals surface area contributed by atoms with Gasteiger partial charge in [-0.2, -0.15) is 18.4 Å². The number of nitrogens with zero attached hydrogens (tertiary/aromatic N) is 3. The fraction of sp³-hybridized carbons (Fsp3) is 0.462. The maximum Gasteiger partial charge on any atom is 0.417 e. The summed E-state index contributed by atoms with van der Waals surface area (Å²) in [7, 11) is 1.61. The summed E-state index contributed by atoms with van der Waals surface area (Å²) in [6.07, 6.45) is -2.69. The average Bonchev–Trinajstić information content (AvgIpc) is 3.29. The van der Waals surface area contributed by atoms with Crippen molar-refractivity contribution in [1.29, 1.82) is 5.26 Å². The predicted octanol–water partition coefficient (Wildman–Crippen LogP) is 4.29. The first-order valence-electron chi connectivity index (χ1n) is 11.6. The number of halogens is 3. The summed E-state index contributed by atoms with van der Waals surface area (Å²) in [5.41, 5.74) is 0.365. The molecular weight excluding hydrogens is 441 g/mol. The molecule has 2 aromatic rings. The van der Waals surface area contributed by atoms with Crippen molar-refractivity contribution in [1.82, 2.24) is 10.2 Å². The van der Waals surface area contributed by atoms with Crippen molar-refractivity contribution in [3.63, 3.8) is 0 Å². The summed E-state index contributed by atoms with van der Waals surface area (Å²) < 4.78 is 40.5. The van der Waals surface area contributed by atoms with Crippen molar-refractivity contribution in [2.24, 2.45) is 17.8 Å². The Bertz CT molecular complexity index is 1040. The largest absolute Gasteiger partial charge is 0.417 e. The second-order valence-corrected chi connectivity index (χ2v) is 9.23. The molecule has 2 heterocycles. The van der Waals surface area contributed by atoms with E-state index in [2.05, 4.69) is 22.3 Å². The van der Waals surface area contributed by atoms with Crippen LogP contribution in [0.15, 0.2) is 48.5 Å². The molecule has 0 spiro atoms. The number of hydrogen-bond acceptors (Lipinski definition) is 4. The zero-order valence-electron chi connectivity index (χ0n) is 19.2. The number of hydrogen-bond donors (Lipinski definition) is 1. The van der Waals surface area contributed by atoms with Crippen molar-refractivity contribution in [3.8, 4) is 6.07 Å². The highest BCUT2D eigenvalue weighted by atomic mass is 19.4. The van der Waals surface area contributed by atoms with E-state index in [0.717, 1.165) is 38.5 Å². The molecule has 34 heavy (non-hydrogen) atoms. The van der Waals surface area contributed by atoms with Crippen LogP contribution in [0.5, 0.6) is 0 Å². The molecule has 0 saturated carbocycles. The normalized spacial score (nSPS) is 21.9.